The Kier molecular flexibility index (Phi) is 4.22. The van der Waals surface area contributed by atoms with Crippen LogP contribution in [0.4, 0.5) is 5.69 Å². The Hall–Kier alpha value is -0.680. The first-order valence-corrected chi connectivity index (χ1v) is 7.55. The Morgan fingerprint density at radius 2 is 2.44 bits per heavy atom. The molecule has 4 nitrogen and oxygen atoms in total. The van der Waals surface area contributed by atoms with Crippen molar-refractivity contribution in [2.45, 2.75) is 38.0 Å². The van der Waals surface area contributed by atoms with Crippen molar-refractivity contribution in [1.82, 2.24) is 9.78 Å². The van der Waals surface area contributed by atoms with Crippen LogP contribution in [0.1, 0.15) is 26.7 Å². The van der Waals surface area contributed by atoms with Gasteiger partial charge in [-0.25, -0.2) is 4.68 Å². The second-order valence-corrected chi connectivity index (χ2v) is 6.81. The normalized spacial score (nSPS) is 23.3. The molecule has 0 aromatic carbocycles. The summed E-state index contributed by atoms with van der Waals surface area (Å²) in [7, 11) is 0. The van der Waals surface area contributed by atoms with Crippen LogP contribution < -0.4 is 10.9 Å². The summed E-state index contributed by atoms with van der Waals surface area (Å²) >= 11 is 8.04. The maximum absolute atomic E-state index is 11.8. The molecule has 1 unspecified atom stereocenters. The Morgan fingerprint density at radius 1 is 1.67 bits per heavy atom. The molecule has 1 saturated heterocycles. The number of anilines is 1. The summed E-state index contributed by atoms with van der Waals surface area (Å²) in [5.74, 6) is 1.21. The molecule has 1 N–H and O–H groups in total. The Balaban J connectivity index is 2.10. The third-order valence-corrected chi connectivity index (χ3v) is 5.14. The van der Waals surface area contributed by atoms with E-state index in [1.54, 1.807) is 6.20 Å². The van der Waals surface area contributed by atoms with Crippen LogP contribution in [0.25, 0.3) is 0 Å². The van der Waals surface area contributed by atoms with Crippen LogP contribution in [0.15, 0.2) is 11.0 Å². The Morgan fingerprint density at radius 3 is 3.06 bits per heavy atom. The molecule has 18 heavy (non-hydrogen) atoms. The second kappa shape index (κ2) is 5.53. The average molecular weight is 288 g/mol. The molecule has 0 spiro atoms. The summed E-state index contributed by atoms with van der Waals surface area (Å²) in [5, 5.41) is 7.57. The van der Waals surface area contributed by atoms with Crippen LogP contribution in [-0.4, -0.2) is 26.8 Å². The zero-order valence-electron chi connectivity index (χ0n) is 10.7. The number of aryl methyl sites for hydroxylation is 1. The first kappa shape index (κ1) is 13.7. The first-order chi connectivity index (χ1) is 8.56. The molecule has 100 valence electrons. The SMILES string of the molecule is CCn1ncc(NCC2(C)CCCS2)c(Cl)c1=O. The number of hydrogen-bond donors (Lipinski definition) is 1. The number of nitrogens with zero attached hydrogens (tertiary/aromatic N) is 2. The Bertz CT molecular complexity index is 483. The number of nitrogens with one attached hydrogen (secondary N) is 1. The summed E-state index contributed by atoms with van der Waals surface area (Å²) in [6.45, 7) is 5.46. The zero-order valence-corrected chi connectivity index (χ0v) is 12.3. The summed E-state index contributed by atoms with van der Waals surface area (Å²) in [6.07, 6.45) is 4.09. The van der Waals surface area contributed by atoms with Crippen molar-refractivity contribution in [2.24, 2.45) is 0 Å². The van der Waals surface area contributed by atoms with Gasteiger partial charge in [-0.15, -0.1) is 0 Å². The zero-order chi connectivity index (χ0) is 13.2. The maximum atomic E-state index is 11.8. The highest BCUT2D eigenvalue weighted by Gasteiger charge is 2.29. The van der Waals surface area contributed by atoms with Crippen molar-refractivity contribution < 1.29 is 0 Å². The predicted octanol–water partition coefficient (Wildman–Crippen LogP) is 2.61. The first-order valence-electron chi connectivity index (χ1n) is 6.19. The minimum atomic E-state index is -0.228. The van der Waals surface area contributed by atoms with Crippen LogP contribution in [-0.2, 0) is 6.54 Å². The molecular formula is C12H18ClN3OS. The number of thioether (sulfide) groups is 1. The van der Waals surface area contributed by atoms with E-state index >= 15 is 0 Å². The lowest BCUT2D eigenvalue weighted by Crippen LogP contribution is -2.29. The van der Waals surface area contributed by atoms with Gasteiger partial charge in [0, 0.05) is 17.8 Å². The van der Waals surface area contributed by atoms with Crippen LogP contribution in [0, 0.1) is 0 Å². The number of hydrogen-bond acceptors (Lipinski definition) is 4. The molecule has 6 heteroatoms. The molecule has 2 rings (SSSR count). The molecule has 0 aliphatic carbocycles. The van der Waals surface area contributed by atoms with E-state index in [0.717, 1.165) is 6.54 Å². The molecule has 0 bridgehead atoms. The van der Waals surface area contributed by atoms with E-state index in [4.69, 9.17) is 11.6 Å². The quantitative estimate of drug-likeness (QED) is 0.925. The van der Waals surface area contributed by atoms with Crippen molar-refractivity contribution in [3.8, 4) is 0 Å². The van der Waals surface area contributed by atoms with Crippen LogP contribution in [0.2, 0.25) is 5.02 Å². The van der Waals surface area contributed by atoms with Gasteiger partial charge in [-0.3, -0.25) is 4.79 Å². The molecule has 1 atom stereocenters. The molecule has 0 saturated carbocycles. The second-order valence-electron chi connectivity index (χ2n) is 4.75. The van der Waals surface area contributed by atoms with E-state index in [1.807, 2.05) is 18.7 Å². The highest BCUT2D eigenvalue weighted by molar-refractivity contribution is 8.00. The lowest BCUT2D eigenvalue weighted by Gasteiger charge is -2.23. The van der Waals surface area contributed by atoms with Crippen LogP contribution in [0.5, 0.6) is 0 Å². The van der Waals surface area contributed by atoms with Gasteiger partial charge >= 0.3 is 0 Å². The average Bonchev–Trinajstić information content (AvgIpc) is 2.79. The molecular weight excluding hydrogens is 270 g/mol. The third kappa shape index (κ3) is 2.83. The van der Waals surface area contributed by atoms with Crippen molar-refractivity contribution in [1.29, 1.82) is 0 Å². The molecule has 1 fully saturated rings. The minimum Gasteiger partial charge on any atom is -0.381 e. The van der Waals surface area contributed by atoms with Gasteiger partial charge in [0.25, 0.3) is 5.56 Å². The van der Waals surface area contributed by atoms with E-state index < -0.39 is 0 Å². The smallest absolute Gasteiger partial charge is 0.287 e. The van der Waals surface area contributed by atoms with Crippen molar-refractivity contribution in [3.63, 3.8) is 0 Å². The summed E-state index contributed by atoms with van der Waals surface area (Å²) in [4.78, 5) is 11.8. The van der Waals surface area contributed by atoms with Gasteiger partial charge in [-0.05, 0) is 32.4 Å². The molecule has 1 aliphatic heterocycles. The van der Waals surface area contributed by atoms with Crippen LogP contribution in [0.3, 0.4) is 0 Å². The van der Waals surface area contributed by atoms with Crippen molar-refractivity contribution in [2.75, 3.05) is 17.6 Å². The lowest BCUT2D eigenvalue weighted by atomic mass is 10.1. The topological polar surface area (TPSA) is 46.9 Å². The molecule has 0 radical (unpaired) electrons. The van der Waals surface area contributed by atoms with Gasteiger partial charge in [-0.1, -0.05) is 11.6 Å². The molecule has 2 heterocycles. The maximum Gasteiger partial charge on any atom is 0.287 e. The van der Waals surface area contributed by atoms with E-state index in [2.05, 4.69) is 17.3 Å². The minimum absolute atomic E-state index is 0.228. The van der Waals surface area contributed by atoms with Gasteiger partial charge in [0.2, 0.25) is 0 Å². The van der Waals surface area contributed by atoms with Crippen molar-refractivity contribution >= 4 is 29.1 Å². The van der Waals surface area contributed by atoms with E-state index in [9.17, 15) is 4.79 Å². The fourth-order valence-corrected chi connectivity index (χ4v) is 3.53. The van der Waals surface area contributed by atoms with Crippen LogP contribution >= 0.6 is 23.4 Å². The predicted molar refractivity (Wildman–Crippen MR) is 77.8 cm³/mol. The van der Waals surface area contributed by atoms with Crippen molar-refractivity contribution in [3.05, 3.63) is 21.6 Å². The summed E-state index contributed by atoms with van der Waals surface area (Å²) < 4.78 is 1.60. The van der Waals surface area contributed by atoms with Gasteiger partial charge in [-0.2, -0.15) is 16.9 Å². The van der Waals surface area contributed by atoms with Gasteiger partial charge in [0.15, 0.2) is 0 Å². The van der Waals surface area contributed by atoms with Gasteiger partial charge < -0.3 is 5.32 Å². The fourth-order valence-electron chi connectivity index (χ4n) is 2.07. The van der Waals surface area contributed by atoms with E-state index in [-0.39, 0.29) is 15.3 Å². The number of rotatable bonds is 4. The standard InChI is InChI=1S/C12H18ClN3OS/c1-3-16-11(17)10(13)9(7-15-16)14-8-12(2)5-4-6-18-12/h7,14H,3-6,8H2,1-2H3. The number of aromatic nitrogens is 2. The van der Waals surface area contributed by atoms with Gasteiger partial charge in [0.1, 0.15) is 5.02 Å². The molecule has 0 amide bonds. The third-order valence-electron chi connectivity index (χ3n) is 3.24. The lowest BCUT2D eigenvalue weighted by molar-refractivity contribution is 0.612. The monoisotopic (exact) mass is 287 g/mol. The molecule has 1 aliphatic rings. The van der Waals surface area contributed by atoms with Gasteiger partial charge in [0.05, 0.1) is 11.9 Å². The van der Waals surface area contributed by atoms with E-state index in [0.29, 0.717) is 12.2 Å². The highest BCUT2D eigenvalue weighted by atomic mass is 35.5. The molecule has 1 aromatic rings. The summed E-state index contributed by atoms with van der Waals surface area (Å²) in [6, 6.07) is 0. The highest BCUT2D eigenvalue weighted by Crippen LogP contribution is 2.37. The van der Waals surface area contributed by atoms with E-state index in [1.165, 1.54) is 23.3 Å². The Labute approximate surface area is 116 Å². The summed E-state index contributed by atoms with van der Waals surface area (Å²) in [5.41, 5.74) is 0.411. The molecule has 1 aromatic heterocycles. The largest absolute Gasteiger partial charge is 0.381 e. The fraction of sp³-hybridized carbons (Fsp3) is 0.667. The number of halogens is 1.